The Kier molecular flexibility index (Phi) is 19.5. The average Bonchev–Trinajstić information content (AvgIpc) is 1.58. The molecule has 112 heavy (non-hydrogen) atoms. The van der Waals surface area contributed by atoms with E-state index < -0.39 is 5.41 Å². The maximum atomic E-state index is 6.14. The lowest BCUT2D eigenvalue weighted by molar-refractivity contribution is 0.00578. The number of nitrogens with zero attached hydrogens (tertiary/aromatic N) is 1. The van der Waals surface area contributed by atoms with Crippen molar-refractivity contribution in [3.8, 4) is 61.3 Å². The normalized spacial score (nSPS) is 14.2. The van der Waals surface area contributed by atoms with Gasteiger partial charge in [-0.3, -0.25) is 0 Å². The maximum Gasteiger partial charge on any atom is 0.494 e. The summed E-state index contributed by atoms with van der Waals surface area (Å²) < 4.78 is 18.3. The number of nitrogens with one attached hydrogen (secondary N) is 1. The van der Waals surface area contributed by atoms with E-state index in [9.17, 15) is 0 Å². The van der Waals surface area contributed by atoms with E-state index >= 15 is 0 Å². The second-order valence-electron chi connectivity index (χ2n) is 30.0. The molecule has 1 fully saturated rings. The van der Waals surface area contributed by atoms with Crippen LogP contribution in [0, 0.1) is 3.57 Å². The third-order valence-electron chi connectivity index (χ3n) is 23.2. The van der Waals surface area contributed by atoms with E-state index in [1.165, 1.54) is 142 Å². The Morgan fingerprint density at radius 2 is 0.688 bits per heavy atom. The fourth-order valence-corrected chi connectivity index (χ4v) is 18.6. The van der Waals surface area contributed by atoms with Crippen LogP contribution in [-0.2, 0) is 20.1 Å². The zero-order valence-electron chi connectivity index (χ0n) is 62.5. The summed E-state index contributed by atoms with van der Waals surface area (Å²) in [4.78, 5) is 3.47. The Balaban J connectivity index is 0.000000119. The van der Waals surface area contributed by atoms with Gasteiger partial charge in [-0.25, -0.2) is 0 Å². The summed E-state index contributed by atoms with van der Waals surface area (Å²) in [7, 11) is -0.319. The zero-order valence-corrected chi connectivity index (χ0v) is 67.8. The number of fused-ring (bicyclic) bond motifs is 12. The first-order chi connectivity index (χ1) is 54.8. The minimum atomic E-state index is -0.519. The van der Waals surface area contributed by atoms with Crippen LogP contribution >= 0.6 is 54.5 Å². The highest BCUT2D eigenvalue weighted by Gasteiger charge is 2.52. The molecule has 8 heteroatoms. The molecule has 0 spiro atoms. The van der Waals surface area contributed by atoms with E-state index in [0.29, 0.717) is 0 Å². The number of para-hydroxylation sites is 2. The Labute approximate surface area is 686 Å². The summed E-state index contributed by atoms with van der Waals surface area (Å²) in [5.74, 6) is 0. The molecule has 1 aliphatic heterocycles. The second-order valence-corrected chi connectivity index (χ2v) is 33.0. The van der Waals surface area contributed by atoms with Gasteiger partial charge in [0.25, 0.3) is 0 Å². The van der Waals surface area contributed by atoms with Crippen LogP contribution in [0.4, 0.5) is 0 Å². The van der Waals surface area contributed by atoms with Crippen LogP contribution in [-0.4, -0.2) is 27.9 Å². The predicted octanol–water partition coefficient (Wildman–Crippen LogP) is 27.6. The number of benzene rings is 16. The van der Waals surface area contributed by atoms with E-state index in [4.69, 9.17) is 9.31 Å². The number of aromatic nitrogens is 2. The van der Waals surface area contributed by atoms with Crippen molar-refractivity contribution in [1.82, 2.24) is 9.55 Å². The van der Waals surface area contributed by atoms with Crippen molar-refractivity contribution < 1.29 is 9.31 Å². The van der Waals surface area contributed by atoms with Crippen LogP contribution in [0.3, 0.4) is 0 Å². The molecule has 3 aliphatic rings. The average molecular weight is 1690 g/mol. The van der Waals surface area contributed by atoms with Crippen LogP contribution in [0.1, 0.15) is 72.2 Å². The molecule has 0 bridgehead atoms. The fourth-order valence-electron chi connectivity index (χ4n) is 17.4. The topological polar surface area (TPSA) is 39.2 Å². The van der Waals surface area contributed by atoms with Crippen molar-refractivity contribution in [3.05, 3.63) is 451 Å². The number of aromatic amines is 1. The highest BCUT2D eigenvalue weighted by atomic mass is 127. The van der Waals surface area contributed by atoms with Crippen molar-refractivity contribution in [1.29, 1.82) is 0 Å². The Bertz CT molecular complexity index is 6350. The van der Waals surface area contributed by atoms with Gasteiger partial charge in [-0.05, 0) is 211 Å². The van der Waals surface area contributed by atoms with Gasteiger partial charge in [0, 0.05) is 50.7 Å². The van der Waals surface area contributed by atoms with Gasteiger partial charge < -0.3 is 18.9 Å². The second kappa shape index (κ2) is 30.1. The maximum absolute atomic E-state index is 6.14. The molecule has 0 radical (unpaired) electrons. The van der Waals surface area contributed by atoms with Gasteiger partial charge in [0.1, 0.15) is 0 Å². The van der Waals surface area contributed by atoms with Gasteiger partial charge in [0.05, 0.1) is 38.8 Å². The highest BCUT2D eigenvalue weighted by Crippen LogP contribution is 2.59. The fraction of sp³-hybridized carbons (Fsp3) is 0.0769. The van der Waals surface area contributed by atoms with Crippen molar-refractivity contribution in [2.24, 2.45) is 0 Å². The van der Waals surface area contributed by atoms with Gasteiger partial charge in [-0.15, -0.1) is 0 Å². The largest absolute Gasteiger partial charge is 0.494 e. The highest BCUT2D eigenvalue weighted by molar-refractivity contribution is 14.1. The van der Waals surface area contributed by atoms with Gasteiger partial charge >= 0.3 is 7.12 Å². The Morgan fingerprint density at radius 1 is 0.304 bits per heavy atom. The summed E-state index contributed by atoms with van der Waals surface area (Å²) in [6, 6.07) is 142. The van der Waals surface area contributed by atoms with E-state index in [1.807, 2.05) is 6.07 Å². The number of hydrogen-bond acceptors (Lipinski definition) is 2. The van der Waals surface area contributed by atoms with E-state index in [0.717, 1.165) is 25.4 Å². The molecule has 1 saturated heterocycles. The molecule has 2 aromatic heterocycles. The Morgan fingerprint density at radius 3 is 1.23 bits per heavy atom. The lowest BCUT2D eigenvalue weighted by atomic mass is 9.67. The summed E-state index contributed by atoms with van der Waals surface area (Å²) >= 11 is 9.42. The smallest absolute Gasteiger partial charge is 0.399 e. The molecule has 1 N–H and O–H groups in total. The number of H-pyrrole nitrogens is 1. The molecule has 2 aliphatic carbocycles. The SMILES string of the molecule is Brc1ccc(-c2ccccc2-c2ccc3c4ccccc4n(-c4cccc5c4C(c4ccccc4)(c4ccccc4)c4ccccc4-5)c3c2)cc1.Brc1ccc(-c2ccccc2I)cc1.CC1(C)OB(c2ccc3c(c2)[nH]c2ccccc23)OC1(C)C.c1ccc(C2(c3ccccc3)c3ccccc3-c3ccccc32)cc1. The minimum absolute atomic E-state index is 0.254. The van der Waals surface area contributed by atoms with E-state index in [-0.39, 0.29) is 23.7 Å². The zero-order chi connectivity index (χ0) is 76.1. The molecular weight excluding hydrogens is 1610 g/mol. The molecule has 0 unspecified atom stereocenters. The number of halogens is 3. The molecule has 3 heterocycles. The summed E-state index contributed by atoms with van der Waals surface area (Å²) in [5.41, 5.74) is 28.7. The van der Waals surface area contributed by atoms with Crippen molar-refractivity contribution in [2.75, 3.05) is 0 Å². The first-order valence-corrected chi connectivity index (χ1v) is 40.9. The molecular formula is C104H78BBr2IN2O2. The molecule has 0 atom stereocenters. The number of rotatable bonds is 9. The standard InChI is InChI=1S/C49H32BrN.C25H18.C18H20BNO2.C12H8BrI/c50-37-29-26-33(27-30-37)38-18-7-8-19-39(38)34-28-31-42-41-21-10-12-24-45(41)51(47(42)32-34)46-25-13-22-43-40-20-9-11-23-44(40)49(48(43)46,35-14-3-1-4-15-35)36-16-5-2-6-17-36;1-3-11-19(12-4-1)25(20-13-5-2-6-14-20)23-17-9-7-15-21(23)22-16-8-10-18-24(22)25;1-17(2)18(3,4)22-19(21-17)12-9-10-14-13-7-5-6-8-15(13)20-16(14)11-12;13-10-7-5-9(6-8-10)11-3-1-2-4-12(11)14/h1-32H;1-18H;5-11,20H,1-4H3;1-8H. The third kappa shape index (κ3) is 12.7. The first-order valence-electron chi connectivity index (χ1n) is 38.2. The quantitative estimate of drug-likeness (QED) is 0.116. The Hall–Kier alpha value is -11.2. The van der Waals surface area contributed by atoms with Crippen LogP contribution in [0.2, 0.25) is 0 Å². The predicted molar refractivity (Wildman–Crippen MR) is 484 cm³/mol. The number of hydrogen-bond donors (Lipinski definition) is 1. The molecule has 16 aromatic carbocycles. The van der Waals surface area contributed by atoms with Gasteiger partial charge in [-0.1, -0.05) is 366 Å². The molecule has 18 aromatic rings. The van der Waals surface area contributed by atoms with Crippen molar-refractivity contribution in [3.63, 3.8) is 0 Å². The molecule has 4 nitrogen and oxygen atoms in total. The van der Waals surface area contributed by atoms with Crippen molar-refractivity contribution in [2.45, 2.75) is 49.7 Å². The molecule has 0 amide bonds. The van der Waals surface area contributed by atoms with Gasteiger partial charge in [0.2, 0.25) is 0 Å². The van der Waals surface area contributed by atoms with Crippen LogP contribution < -0.4 is 5.46 Å². The first kappa shape index (κ1) is 72.3. The monoisotopic (exact) mass is 1680 g/mol. The lowest BCUT2D eigenvalue weighted by Crippen LogP contribution is -2.41. The van der Waals surface area contributed by atoms with E-state index in [2.05, 4.69) is 480 Å². The van der Waals surface area contributed by atoms with Crippen LogP contribution in [0.25, 0.3) is 105 Å². The molecule has 540 valence electrons. The van der Waals surface area contributed by atoms with Crippen LogP contribution in [0.5, 0.6) is 0 Å². The third-order valence-corrected chi connectivity index (χ3v) is 25.2. The minimum Gasteiger partial charge on any atom is -0.399 e. The molecule has 21 rings (SSSR count). The lowest BCUT2D eigenvalue weighted by Gasteiger charge is -2.35. The summed E-state index contributed by atoms with van der Waals surface area (Å²) in [6.07, 6.45) is 0. The van der Waals surface area contributed by atoms with Crippen LogP contribution in [0.15, 0.2) is 403 Å². The van der Waals surface area contributed by atoms with Gasteiger partial charge in [-0.2, -0.15) is 0 Å². The summed E-state index contributed by atoms with van der Waals surface area (Å²) in [6.45, 7) is 8.31. The van der Waals surface area contributed by atoms with Crippen molar-refractivity contribution >= 4 is 111 Å². The summed E-state index contributed by atoms with van der Waals surface area (Å²) in [5, 5.41) is 4.97. The molecule has 0 saturated carbocycles. The van der Waals surface area contributed by atoms with E-state index in [1.54, 1.807) is 0 Å². The van der Waals surface area contributed by atoms with Gasteiger partial charge in [0.15, 0.2) is 0 Å².